The lowest BCUT2D eigenvalue weighted by Gasteiger charge is -2.44. The molecule has 11 nitrogen and oxygen atoms in total. The summed E-state index contributed by atoms with van der Waals surface area (Å²) in [7, 11) is 0. The Kier molecular flexibility index (Phi) is 8.36. The minimum absolute atomic E-state index is 0.0224. The van der Waals surface area contributed by atoms with Gasteiger partial charge in [0.15, 0.2) is 23.8 Å². The average Bonchev–Trinajstić information content (AvgIpc) is 2.62. The number of nitrogens with two attached hydrogens (primary N) is 1. The number of carbonyl (C=O) groups is 5. The third-order valence-corrected chi connectivity index (χ3v) is 5.38. The maximum atomic E-state index is 12.7. The molecule has 2 aliphatic rings. The Morgan fingerprint density at radius 2 is 1.48 bits per heavy atom. The van der Waals surface area contributed by atoms with Crippen LogP contribution in [-0.2, 0) is 42.9 Å². The molecule has 0 bridgehead atoms. The molecule has 5 atom stereocenters. The van der Waals surface area contributed by atoms with Gasteiger partial charge in [-0.1, -0.05) is 13.8 Å². The highest BCUT2D eigenvalue weighted by Crippen LogP contribution is 2.35. The second-order valence-electron chi connectivity index (χ2n) is 9.12. The van der Waals surface area contributed by atoms with Crippen LogP contribution >= 0.6 is 0 Å². The number of ketones is 2. The van der Waals surface area contributed by atoms with Crippen LogP contribution in [0, 0.1) is 5.41 Å². The number of rotatable bonds is 6. The Balaban J connectivity index is 2.39. The van der Waals surface area contributed by atoms with Gasteiger partial charge in [-0.25, -0.2) is 0 Å². The molecular weight excluding hydrogens is 436 g/mol. The van der Waals surface area contributed by atoms with Crippen molar-refractivity contribution in [1.82, 2.24) is 5.32 Å². The van der Waals surface area contributed by atoms with Crippen LogP contribution in [0.3, 0.4) is 0 Å². The lowest BCUT2D eigenvalue weighted by Crippen LogP contribution is -2.67. The fraction of sp³-hybridized carbons (Fsp3) is 0.682. The molecule has 0 aromatic rings. The molecule has 1 heterocycles. The number of esters is 3. The first-order valence-corrected chi connectivity index (χ1v) is 10.6. The zero-order valence-electron chi connectivity index (χ0n) is 19.8. The molecule has 0 spiro atoms. The van der Waals surface area contributed by atoms with Crippen LogP contribution in [0.5, 0.6) is 0 Å². The highest BCUT2D eigenvalue weighted by Gasteiger charge is 2.50. The maximum Gasteiger partial charge on any atom is 0.303 e. The summed E-state index contributed by atoms with van der Waals surface area (Å²) in [5, 5.41) is 2.98. The number of ether oxygens (including phenoxy) is 4. The van der Waals surface area contributed by atoms with Crippen LogP contribution in [0.4, 0.5) is 0 Å². The normalized spacial score (nSPS) is 29.2. The second-order valence-corrected chi connectivity index (χ2v) is 9.12. The van der Waals surface area contributed by atoms with Crippen molar-refractivity contribution in [3.8, 4) is 0 Å². The van der Waals surface area contributed by atoms with Gasteiger partial charge in [-0.3, -0.25) is 24.0 Å². The Morgan fingerprint density at radius 3 is 1.97 bits per heavy atom. The van der Waals surface area contributed by atoms with E-state index in [9.17, 15) is 24.0 Å². The molecule has 3 N–H and O–H groups in total. The van der Waals surface area contributed by atoms with Crippen LogP contribution < -0.4 is 11.1 Å². The lowest BCUT2D eigenvalue weighted by molar-refractivity contribution is -0.222. The summed E-state index contributed by atoms with van der Waals surface area (Å²) in [6, 6.07) is -0.977. The van der Waals surface area contributed by atoms with Crippen molar-refractivity contribution in [3.63, 3.8) is 0 Å². The fourth-order valence-corrected chi connectivity index (χ4v) is 4.14. The van der Waals surface area contributed by atoms with E-state index < -0.39 is 53.9 Å². The van der Waals surface area contributed by atoms with Crippen LogP contribution in [0.2, 0.25) is 0 Å². The van der Waals surface area contributed by atoms with Gasteiger partial charge in [-0.15, -0.1) is 0 Å². The summed E-state index contributed by atoms with van der Waals surface area (Å²) >= 11 is 0. The maximum absolute atomic E-state index is 12.7. The van der Waals surface area contributed by atoms with Crippen molar-refractivity contribution in [2.75, 3.05) is 6.61 Å². The molecule has 1 saturated carbocycles. The smallest absolute Gasteiger partial charge is 0.303 e. The van der Waals surface area contributed by atoms with E-state index in [4.69, 9.17) is 24.7 Å². The lowest BCUT2D eigenvalue weighted by atomic mass is 9.73. The van der Waals surface area contributed by atoms with E-state index in [0.29, 0.717) is 0 Å². The number of hydrogen-bond acceptors (Lipinski definition) is 11. The molecule has 0 radical (unpaired) electrons. The molecule has 2 fully saturated rings. The topological polar surface area (TPSA) is 160 Å². The molecular formula is C22H32N2O9. The molecule has 0 unspecified atom stereocenters. The molecule has 0 aromatic carbocycles. The minimum Gasteiger partial charge on any atom is -0.463 e. The Bertz CT molecular complexity index is 842. The summed E-state index contributed by atoms with van der Waals surface area (Å²) in [6.07, 6.45) is -4.05. The van der Waals surface area contributed by atoms with Gasteiger partial charge in [-0.2, -0.15) is 0 Å². The van der Waals surface area contributed by atoms with E-state index >= 15 is 0 Å². The Morgan fingerprint density at radius 1 is 0.970 bits per heavy atom. The van der Waals surface area contributed by atoms with Crippen molar-refractivity contribution in [3.05, 3.63) is 11.3 Å². The molecule has 1 saturated heterocycles. The predicted molar refractivity (Wildman–Crippen MR) is 113 cm³/mol. The van der Waals surface area contributed by atoms with E-state index in [-0.39, 0.29) is 42.3 Å². The predicted octanol–water partition coefficient (Wildman–Crippen LogP) is 0.287. The quantitative estimate of drug-likeness (QED) is 0.238. The number of Topliss-reactive ketones (excluding diaryl/α,β-unsaturated/α-hetero) is 2. The van der Waals surface area contributed by atoms with Gasteiger partial charge >= 0.3 is 17.9 Å². The fourth-order valence-electron chi connectivity index (χ4n) is 4.14. The zero-order chi connectivity index (χ0) is 25.1. The molecule has 33 heavy (non-hydrogen) atoms. The number of hydrogen-bond donors (Lipinski definition) is 2. The van der Waals surface area contributed by atoms with E-state index in [2.05, 4.69) is 5.32 Å². The van der Waals surface area contributed by atoms with Gasteiger partial charge < -0.3 is 30.0 Å². The summed E-state index contributed by atoms with van der Waals surface area (Å²) in [5.74, 6) is -2.56. The van der Waals surface area contributed by atoms with Gasteiger partial charge in [0.25, 0.3) is 0 Å². The van der Waals surface area contributed by atoms with Crippen LogP contribution in [0.25, 0.3) is 0 Å². The van der Waals surface area contributed by atoms with E-state index in [1.165, 1.54) is 20.8 Å². The first kappa shape index (κ1) is 26.5. The van der Waals surface area contributed by atoms with Crippen molar-refractivity contribution in [2.24, 2.45) is 11.1 Å². The van der Waals surface area contributed by atoms with Gasteiger partial charge in [0.2, 0.25) is 0 Å². The van der Waals surface area contributed by atoms with Gasteiger partial charge in [0, 0.05) is 39.3 Å². The molecule has 184 valence electrons. The van der Waals surface area contributed by atoms with Crippen molar-refractivity contribution in [2.45, 2.75) is 85.0 Å². The molecule has 11 heteroatoms. The van der Waals surface area contributed by atoms with Crippen molar-refractivity contribution < 1.29 is 42.9 Å². The standard InChI is InChI=1S/C22H32N2O9/c1-10(17-14(28)7-22(5,6)8-15(17)29)24-18-20(32-13(4)27)19(31-12(3)26)16(33-21(18)23)9-30-11(2)25/h16,18-21,24H,7-9,23H2,1-6H3/t16-,18-,19-,20-,21-/m1/s1. The van der Waals surface area contributed by atoms with Crippen LogP contribution in [-0.4, -0.2) is 66.7 Å². The number of carbonyl (C=O) groups excluding carboxylic acids is 5. The van der Waals surface area contributed by atoms with Crippen LogP contribution in [0.1, 0.15) is 54.4 Å². The summed E-state index contributed by atoms with van der Waals surface area (Å²) < 4.78 is 21.5. The Hall–Kier alpha value is -2.79. The zero-order valence-corrected chi connectivity index (χ0v) is 19.8. The first-order valence-electron chi connectivity index (χ1n) is 10.6. The molecule has 1 aliphatic heterocycles. The van der Waals surface area contributed by atoms with E-state index in [1.54, 1.807) is 6.92 Å². The summed E-state index contributed by atoms with van der Waals surface area (Å²) in [6.45, 7) is 8.48. The molecule has 2 rings (SSSR count). The minimum atomic E-state index is -1.17. The monoisotopic (exact) mass is 468 g/mol. The van der Waals surface area contributed by atoms with Crippen LogP contribution in [0.15, 0.2) is 11.3 Å². The third kappa shape index (κ3) is 6.84. The van der Waals surface area contributed by atoms with Crippen molar-refractivity contribution in [1.29, 1.82) is 0 Å². The van der Waals surface area contributed by atoms with Gasteiger partial charge in [0.05, 0.1) is 5.57 Å². The summed E-state index contributed by atoms with van der Waals surface area (Å²) in [5.41, 5.74) is 6.01. The molecule has 0 aromatic heterocycles. The molecule has 1 aliphatic carbocycles. The highest BCUT2D eigenvalue weighted by atomic mass is 16.6. The number of nitrogens with one attached hydrogen (secondary N) is 1. The number of allylic oxidation sites excluding steroid dienone is 2. The largest absolute Gasteiger partial charge is 0.463 e. The van der Waals surface area contributed by atoms with E-state index in [0.717, 1.165) is 0 Å². The SMILES string of the molecule is CC(=O)OC[C@H]1O[C@@H](N)[C@H](NC(C)=C2C(=O)CC(C)(C)CC2=O)[C@@H](OC(C)=O)[C@@H]1OC(C)=O. The Labute approximate surface area is 192 Å². The van der Waals surface area contributed by atoms with Crippen molar-refractivity contribution >= 4 is 29.5 Å². The third-order valence-electron chi connectivity index (χ3n) is 5.38. The van der Waals surface area contributed by atoms with E-state index in [1.807, 2.05) is 13.8 Å². The first-order chi connectivity index (χ1) is 15.2. The second kappa shape index (κ2) is 10.4. The highest BCUT2D eigenvalue weighted by molar-refractivity contribution is 6.22. The molecule has 0 amide bonds. The van der Waals surface area contributed by atoms with Gasteiger partial charge in [-0.05, 0) is 12.3 Å². The summed E-state index contributed by atoms with van der Waals surface area (Å²) in [4.78, 5) is 60.2. The average molecular weight is 469 g/mol. The van der Waals surface area contributed by atoms with Gasteiger partial charge in [0.1, 0.15) is 25.0 Å².